The van der Waals surface area contributed by atoms with Crippen molar-refractivity contribution in [3.05, 3.63) is 95.0 Å². The van der Waals surface area contributed by atoms with Crippen LogP contribution in [0.1, 0.15) is 59.2 Å². The largest absolute Gasteiger partial charge is 0.363 e. The highest BCUT2D eigenvalue weighted by molar-refractivity contribution is 7.14. The second-order valence-electron chi connectivity index (χ2n) is 8.64. The Hall–Kier alpha value is -3.49. The summed E-state index contributed by atoms with van der Waals surface area (Å²) in [4.78, 5) is 24.2. The normalized spacial score (nSPS) is 16.5. The third kappa shape index (κ3) is 4.73. The third-order valence-electron chi connectivity index (χ3n) is 6.25. The van der Waals surface area contributed by atoms with Crippen molar-refractivity contribution in [2.45, 2.75) is 38.4 Å². The molecule has 2 atom stereocenters. The van der Waals surface area contributed by atoms with E-state index in [1.807, 2.05) is 42.0 Å². The molecule has 1 amide bonds. The van der Waals surface area contributed by atoms with Crippen LogP contribution >= 0.6 is 11.3 Å². The van der Waals surface area contributed by atoms with Crippen molar-refractivity contribution in [2.24, 2.45) is 5.73 Å². The van der Waals surface area contributed by atoms with E-state index in [1.54, 1.807) is 12.4 Å². The molecule has 174 valence electrons. The van der Waals surface area contributed by atoms with Crippen LogP contribution in [-0.4, -0.2) is 27.0 Å². The molecular weight excluding hydrogens is 444 g/mol. The topological polar surface area (TPSA) is 89.1 Å². The molecule has 8 heteroatoms. The Kier molecular flexibility index (Phi) is 6.42. The molecule has 1 aliphatic heterocycles. The average molecular weight is 473 g/mol. The average Bonchev–Trinajstić information content (AvgIpc) is 3.60. The molecule has 1 fully saturated rings. The number of nitrogens with two attached hydrogens (primary N) is 1. The van der Waals surface area contributed by atoms with Crippen molar-refractivity contribution in [3.8, 4) is 0 Å². The van der Waals surface area contributed by atoms with E-state index in [0.29, 0.717) is 17.4 Å². The van der Waals surface area contributed by atoms with E-state index in [1.165, 1.54) is 17.0 Å². The standard InChI is InChI=1S/C26H28N6OS/c1-18(27)20-6-8-21(9-7-20)32-15-3-4-23(32)22-17-34-26(29-22)30-25(33)24-5-2-14-31(24)16-19-10-12-28-13-11-19/h2,5-14,17-18,23H,3-4,15-16,27H2,1H3,(H,29,30,33)/t18-,23-/m1/s1. The van der Waals surface area contributed by atoms with E-state index in [9.17, 15) is 4.79 Å². The summed E-state index contributed by atoms with van der Waals surface area (Å²) in [5.74, 6) is -0.158. The van der Waals surface area contributed by atoms with Crippen LogP contribution in [0, 0.1) is 0 Å². The van der Waals surface area contributed by atoms with Crippen LogP contribution in [-0.2, 0) is 6.54 Å². The Morgan fingerprint density at radius 2 is 2.00 bits per heavy atom. The van der Waals surface area contributed by atoms with E-state index < -0.39 is 0 Å². The lowest BCUT2D eigenvalue weighted by Gasteiger charge is -2.26. The van der Waals surface area contributed by atoms with Gasteiger partial charge in [-0.25, -0.2) is 4.98 Å². The van der Waals surface area contributed by atoms with Gasteiger partial charge in [-0.3, -0.25) is 15.1 Å². The van der Waals surface area contributed by atoms with Crippen LogP contribution in [0.25, 0.3) is 0 Å². The van der Waals surface area contributed by atoms with E-state index in [-0.39, 0.29) is 18.0 Å². The number of anilines is 2. The van der Waals surface area contributed by atoms with Crippen molar-refractivity contribution in [2.75, 3.05) is 16.8 Å². The number of pyridine rings is 1. The lowest BCUT2D eigenvalue weighted by atomic mass is 10.1. The van der Waals surface area contributed by atoms with Gasteiger partial charge in [0, 0.05) is 48.8 Å². The summed E-state index contributed by atoms with van der Waals surface area (Å²) in [5.41, 5.74) is 11.0. The summed E-state index contributed by atoms with van der Waals surface area (Å²) >= 11 is 1.47. The molecule has 0 bridgehead atoms. The fourth-order valence-electron chi connectivity index (χ4n) is 4.45. The predicted octanol–water partition coefficient (Wildman–Crippen LogP) is 5.00. The lowest BCUT2D eigenvalue weighted by Crippen LogP contribution is -2.23. The molecule has 1 saturated heterocycles. The Morgan fingerprint density at radius 1 is 1.21 bits per heavy atom. The highest BCUT2D eigenvalue weighted by atomic mass is 32.1. The summed E-state index contributed by atoms with van der Waals surface area (Å²) in [7, 11) is 0. The summed E-state index contributed by atoms with van der Waals surface area (Å²) in [6, 6.07) is 16.3. The molecule has 0 radical (unpaired) electrons. The molecule has 3 aromatic heterocycles. The molecule has 0 aliphatic carbocycles. The highest BCUT2D eigenvalue weighted by Gasteiger charge is 2.28. The number of hydrogen-bond acceptors (Lipinski definition) is 6. The molecule has 4 aromatic rings. The van der Waals surface area contributed by atoms with Gasteiger partial charge in [0.25, 0.3) is 5.91 Å². The van der Waals surface area contributed by atoms with Crippen molar-refractivity contribution >= 4 is 28.1 Å². The fourth-order valence-corrected chi connectivity index (χ4v) is 5.21. The van der Waals surface area contributed by atoms with E-state index in [0.717, 1.165) is 36.2 Å². The minimum Gasteiger partial charge on any atom is -0.363 e. The zero-order valence-electron chi connectivity index (χ0n) is 19.1. The number of hydrogen-bond donors (Lipinski definition) is 2. The first-order chi connectivity index (χ1) is 16.6. The molecule has 1 aliphatic rings. The molecule has 0 saturated carbocycles. The van der Waals surface area contributed by atoms with Gasteiger partial charge in [-0.15, -0.1) is 11.3 Å². The zero-order chi connectivity index (χ0) is 23.5. The first kappa shape index (κ1) is 22.3. The van der Waals surface area contributed by atoms with E-state index in [2.05, 4.69) is 44.8 Å². The third-order valence-corrected chi connectivity index (χ3v) is 7.03. The molecule has 7 nitrogen and oxygen atoms in total. The lowest BCUT2D eigenvalue weighted by molar-refractivity contribution is 0.101. The van der Waals surface area contributed by atoms with Gasteiger partial charge in [0.05, 0.1) is 11.7 Å². The van der Waals surface area contributed by atoms with Crippen LogP contribution in [0.3, 0.4) is 0 Å². The number of nitrogens with one attached hydrogen (secondary N) is 1. The fraction of sp³-hybridized carbons (Fsp3) is 0.269. The van der Waals surface area contributed by atoms with Gasteiger partial charge < -0.3 is 15.2 Å². The Labute approximate surface area is 203 Å². The SMILES string of the molecule is C[C@@H](N)c1ccc(N2CCC[C@@H]2c2csc(NC(=O)c3cccn3Cc3ccncc3)n2)cc1. The summed E-state index contributed by atoms with van der Waals surface area (Å²) < 4.78 is 1.93. The molecular formula is C26H28N6OS. The van der Waals surface area contributed by atoms with Gasteiger partial charge in [-0.2, -0.15) is 0 Å². The van der Waals surface area contributed by atoms with Gasteiger partial charge in [-0.05, 0) is 67.3 Å². The van der Waals surface area contributed by atoms with Gasteiger partial charge in [-0.1, -0.05) is 12.1 Å². The maximum Gasteiger partial charge on any atom is 0.274 e. The molecule has 5 rings (SSSR count). The predicted molar refractivity (Wildman–Crippen MR) is 136 cm³/mol. The summed E-state index contributed by atoms with van der Waals surface area (Å²) in [6.07, 6.45) is 7.59. The Morgan fingerprint density at radius 3 is 2.76 bits per heavy atom. The monoisotopic (exact) mass is 472 g/mol. The van der Waals surface area contributed by atoms with Crippen molar-refractivity contribution < 1.29 is 4.79 Å². The summed E-state index contributed by atoms with van der Waals surface area (Å²) in [6.45, 7) is 3.60. The quantitative estimate of drug-likeness (QED) is 0.395. The molecule has 0 unspecified atom stereocenters. The summed E-state index contributed by atoms with van der Waals surface area (Å²) in [5, 5.41) is 5.67. The van der Waals surface area contributed by atoms with Crippen molar-refractivity contribution in [1.82, 2.24) is 14.5 Å². The maximum atomic E-state index is 13.0. The smallest absolute Gasteiger partial charge is 0.274 e. The van der Waals surface area contributed by atoms with Crippen molar-refractivity contribution in [3.63, 3.8) is 0 Å². The molecule has 3 N–H and O–H groups in total. The number of benzene rings is 1. The van der Waals surface area contributed by atoms with Crippen LogP contribution in [0.5, 0.6) is 0 Å². The number of nitrogens with zero attached hydrogens (tertiary/aromatic N) is 4. The van der Waals surface area contributed by atoms with Crippen LogP contribution < -0.4 is 16.0 Å². The van der Waals surface area contributed by atoms with Crippen LogP contribution in [0.15, 0.2) is 72.5 Å². The van der Waals surface area contributed by atoms with Gasteiger partial charge in [0.1, 0.15) is 5.69 Å². The second kappa shape index (κ2) is 9.79. The molecule has 1 aromatic carbocycles. The number of aromatic nitrogens is 3. The van der Waals surface area contributed by atoms with Gasteiger partial charge >= 0.3 is 0 Å². The Bertz CT molecular complexity index is 1250. The number of rotatable bonds is 7. The van der Waals surface area contributed by atoms with Crippen LogP contribution in [0.4, 0.5) is 10.8 Å². The van der Waals surface area contributed by atoms with E-state index >= 15 is 0 Å². The zero-order valence-corrected chi connectivity index (χ0v) is 19.9. The number of amides is 1. The molecule has 34 heavy (non-hydrogen) atoms. The first-order valence-electron chi connectivity index (χ1n) is 11.5. The van der Waals surface area contributed by atoms with Gasteiger partial charge in [0.2, 0.25) is 0 Å². The Balaban J connectivity index is 1.28. The number of carbonyl (C=O) groups excluding carboxylic acids is 1. The number of carbonyl (C=O) groups is 1. The molecule has 4 heterocycles. The first-order valence-corrected chi connectivity index (χ1v) is 12.4. The highest BCUT2D eigenvalue weighted by Crippen LogP contribution is 2.37. The van der Waals surface area contributed by atoms with Crippen LogP contribution in [0.2, 0.25) is 0 Å². The second-order valence-corrected chi connectivity index (χ2v) is 9.50. The van der Waals surface area contributed by atoms with Gasteiger partial charge in [0.15, 0.2) is 5.13 Å². The maximum absolute atomic E-state index is 13.0. The van der Waals surface area contributed by atoms with E-state index in [4.69, 9.17) is 10.7 Å². The minimum atomic E-state index is -0.158. The van der Waals surface area contributed by atoms with Crippen molar-refractivity contribution in [1.29, 1.82) is 0 Å². The molecule has 0 spiro atoms. The minimum absolute atomic E-state index is 0.0268. The number of thiazole rings is 1.